The van der Waals surface area contributed by atoms with E-state index < -0.39 is 0 Å². The number of rotatable bonds is 7. The first-order chi connectivity index (χ1) is 8.54. The standard InChI is InChI=1S/C15H22O3/c1-5-17-14-8-6-13(7-9-14)15(16)10-18-12(4)11(2)3/h6-9,11-12H,5,10H2,1-4H3. The number of hydrogen-bond acceptors (Lipinski definition) is 3. The first-order valence-corrected chi connectivity index (χ1v) is 6.42. The molecule has 0 radical (unpaired) electrons. The molecular formula is C15H22O3. The van der Waals surface area contributed by atoms with Crippen LogP contribution in [0.2, 0.25) is 0 Å². The van der Waals surface area contributed by atoms with E-state index in [4.69, 9.17) is 9.47 Å². The highest BCUT2D eigenvalue weighted by atomic mass is 16.5. The fraction of sp³-hybridized carbons (Fsp3) is 0.533. The average Bonchev–Trinajstić information content (AvgIpc) is 2.36. The number of ether oxygens (including phenoxy) is 2. The highest BCUT2D eigenvalue weighted by Crippen LogP contribution is 2.13. The van der Waals surface area contributed by atoms with Gasteiger partial charge < -0.3 is 9.47 Å². The molecule has 3 heteroatoms. The van der Waals surface area contributed by atoms with Gasteiger partial charge in [0.05, 0.1) is 12.7 Å². The Morgan fingerprint density at radius 2 is 1.78 bits per heavy atom. The van der Waals surface area contributed by atoms with E-state index in [9.17, 15) is 4.79 Å². The van der Waals surface area contributed by atoms with Crippen LogP contribution in [0, 0.1) is 5.92 Å². The van der Waals surface area contributed by atoms with E-state index in [1.165, 1.54) is 0 Å². The van der Waals surface area contributed by atoms with E-state index in [1.807, 2.05) is 26.0 Å². The normalized spacial score (nSPS) is 12.5. The summed E-state index contributed by atoms with van der Waals surface area (Å²) in [6.07, 6.45) is 0.0941. The summed E-state index contributed by atoms with van der Waals surface area (Å²) in [5, 5.41) is 0. The van der Waals surface area contributed by atoms with Crippen molar-refractivity contribution >= 4 is 5.78 Å². The topological polar surface area (TPSA) is 35.5 Å². The lowest BCUT2D eigenvalue weighted by molar-refractivity contribution is 0.0336. The molecule has 0 N–H and O–H groups in total. The summed E-state index contributed by atoms with van der Waals surface area (Å²) in [7, 11) is 0. The molecule has 0 fully saturated rings. The number of carbonyl (C=O) groups excluding carboxylic acids is 1. The second-order valence-electron chi connectivity index (χ2n) is 4.64. The molecule has 3 nitrogen and oxygen atoms in total. The van der Waals surface area contributed by atoms with E-state index >= 15 is 0 Å². The molecule has 0 aliphatic rings. The van der Waals surface area contributed by atoms with Crippen LogP contribution in [0.5, 0.6) is 5.75 Å². The Morgan fingerprint density at radius 3 is 2.28 bits per heavy atom. The lowest BCUT2D eigenvalue weighted by atomic mass is 10.1. The van der Waals surface area contributed by atoms with Crippen LogP contribution in [0.25, 0.3) is 0 Å². The third-order valence-electron chi connectivity index (χ3n) is 2.90. The Kier molecular flexibility index (Phi) is 5.86. The molecule has 18 heavy (non-hydrogen) atoms. The zero-order valence-electron chi connectivity index (χ0n) is 11.6. The summed E-state index contributed by atoms with van der Waals surface area (Å²) in [5.74, 6) is 1.20. The summed E-state index contributed by atoms with van der Waals surface area (Å²) in [4.78, 5) is 11.9. The maximum absolute atomic E-state index is 11.9. The SMILES string of the molecule is CCOc1ccc(C(=O)COC(C)C(C)C)cc1. The highest BCUT2D eigenvalue weighted by molar-refractivity contribution is 5.97. The summed E-state index contributed by atoms with van der Waals surface area (Å²) in [6.45, 7) is 8.82. The van der Waals surface area contributed by atoms with Gasteiger partial charge in [-0.2, -0.15) is 0 Å². The number of hydrogen-bond donors (Lipinski definition) is 0. The van der Waals surface area contributed by atoms with Gasteiger partial charge in [0.2, 0.25) is 0 Å². The summed E-state index contributed by atoms with van der Waals surface area (Å²) in [5.41, 5.74) is 0.661. The van der Waals surface area contributed by atoms with Crippen molar-refractivity contribution in [2.45, 2.75) is 33.8 Å². The summed E-state index contributed by atoms with van der Waals surface area (Å²) < 4.78 is 10.8. The summed E-state index contributed by atoms with van der Waals surface area (Å²) in [6, 6.07) is 7.17. The van der Waals surface area contributed by atoms with Crippen molar-refractivity contribution in [3.63, 3.8) is 0 Å². The number of carbonyl (C=O) groups is 1. The third kappa shape index (κ3) is 4.49. The van der Waals surface area contributed by atoms with Crippen molar-refractivity contribution in [1.29, 1.82) is 0 Å². The molecule has 0 saturated heterocycles. The number of ketones is 1. The smallest absolute Gasteiger partial charge is 0.188 e. The van der Waals surface area contributed by atoms with E-state index in [1.54, 1.807) is 12.1 Å². The minimum atomic E-state index is 0.00514. The maximum Gasteiger partial charge on any atom is 0.188 e. The van der Waals surface area contributed by atoms with Crippen LogP contribution in [-0.2, 0) is 4.74 Å². The molecular weight excluding hydrogens is 228 g/mol. The molecule has 0 aliphatic carbocycles. The molecule has 100 valence electrons. The minimum Gasteiger partial charge on any atom is -0.494 e. The molecule has 1 unspecified atom stereocenters. The molecule has 1 aromatic rings. The Morgan fingerprint density at radius 1 is 1.17 bits per heavy atom. The molecule has 0 spiro atoms. The molecule has 0 heterocycles. The van der Waals surface area contributed by atoms with Crippen LogP contribution in [0.3, 0.4) is 0 Å². The van der Waals surface area contributed by atoms with Gasteiger partial charge in [0.15, 0.2) is 5.78 Å². The molecule has 0 saturated carbocycles. The van der Waals surface area contributed by atoms with Crippen LogP contribution >= 0.6 is 0 Å². The van der Waals surface area contributed by atoms with Gasteiger partial charge in [0, 0.05) is 5.56 Å². The molecule has 0 aliphatic heterocycles. The first kappa shape index (κ1) is 14.7. The van der Waals surface area contributed by atoms with Gasteiger partial charge in [-0.05, 0) is 44.0 Å². The fourth-order valence-corrected chi connectivity index (χ4v) is 1.39. The predicted molar refractivity (Wildman–Crippen MR) is 72.2 cm³/mol. The van der Waals surface area contributed by atoms with Gasteiger partial charge in [-0.25, -0.2) is 0 Å². The largest absolute Gasteiger partial charge is 0.494 e. The van der Waals surface area contributed by atoms with Crippen molar-refractivity contribution < 1.29 is 14.3 Å². The molecule has 1 rings (SSSR count). The lowest BCUT2D eigenvalue weighted by Gasteiger charge is -2.15. The van der Waals surface area contributed by atoms with E-state index in [2.05, 4.69) is 13.8 Å². The molecule has 0 amide bonds. The van der Waals surface area contributed by atoms with Gasteiger partial charge in [0.1, 0.15) is 12.4 Å². The Hall–Kier alpha value is -1.35. The monoisotopic (exact) mass is 250 g/mol. The zero-order valence-corrected chi connectivity index (χ0v) is 11.6. The zero-order chi connectivity index (χ0) is 13.5. The molecule has 1 aromatic carbocycles. The van der Waals surface area contributed by atoms with Crippen molar-refractivity contribution in [2.75, 3.05) is 13.2 Å². The van der Waals surface area contributed by atoms with Crippen LogP contribution in [0.15, 0.2) is 24.3 Å². The van der Waals surface area contributed by atoms with E-state index in [-0.39, 0.29) is 18.5 Å². The van der Waals surface area contributed by atoms with Gasteiger partial charge in [-0.1, -0.05) is 13.8 Å². The van der Waals surface area contributed by atoms with Gasteiger partial charge in [0.25, 0.3) is 0 Å². The predicted octanol–water partition coefficient (Wildman–Crippen LogP) is 3.33. The second kappa shape index (κ2) is 7.17. The number of benzene rings is 1. The van der Waals surface area contributed by atoms with Gasteiger partial charge in [-0.3, -0.25) is 4.79 Å². The highest BCUT2D eigenvalue weighted by Gasteiger charge is 2.11. The van der Waals surface area contributed by atoms with Gasteiger partial charge >= 0.3 is 0 Å². The van der Waals surface area contributed by atoms with E-state index in [0.29, 0.717) is 18.1 Å². The third-order valence-corrected chi connectivity index (χ3v) is 2.90. The van der Waals surface area contributed by atoms with Crippen molar-refractivity contribution in [2.24, 2.45) is 5.92 Å². The quantitative estimate of drug-likeness (QED) is 0.696. The van der Waals surface area contributed by atoms with Crippen LogP contribution in [0.4, 0.5) is 0 Å². The molecule has 1 atom stereocenters. The van der Waals surface area contributed by atoms with Crippen LogP contribution < -0.4 is 4.74 Å². The minimum absolute atomic E-state index is 0.00514. The van der Waals surface area contributed by atoms with Crippen molar-refractivity contribution in [3.8, 4) is 5.75 Å². The van der Waals surface area contributed by atoms with Crippen LogP contribution in [0.1, 0.15) is 38.1 Å². The second-order valence-corrected chi connectivity index (χ2v) is 4.64. The van der Waals surface area contributed by atoms with E-state index in [0.717, 1.165) is 5.75 Å². The first-order valence-electron chi connectivity index (χ1n) is 6.42. The average molecular weight is 250 g/mol. The lowest BCUT2D eigenvalue weighted by Crippen LogP contribution is -2.20. The summed E-state index contributed by atoms with van der Waals surface area (Å²) >= 11 is 0. The van der Waals surface area contributed by atoms with Crippen molar-refractivity contribution in [1.82, 2.24) is 0 Å². The molecule has 0 bridgehead atoms. The maximum atomic E-state index is 11.9. The Labute approximate surface area is 109 Å². The molecule has 0 aromatic heterocycles. The van der Waals surface area contributed by atoms with Crippen LogP contribution in [-0.4, -0.2) is 25.1 Å². The van der Waals surface area contributed by atoms with Crippen molar-refractivity contribution in [3.05, 3.63) is 29.8 Å². The Balaban J connectivity index is 2.51. The fourth-order valence-electron chi connectivity index (χ4n) is 1.39. The number of Topliss-reactive ketones (excluding diaryl/α,β-unsaturated/α-hetero) is 1. The van der Waals surface area contributed by atoms with Gasteiger partial charge in [-0.15, -0.1) is 0 Å². The Bertz CT molecular complexity index is 368.